The first-order valence-corrected chi connectivity index (χ1v) is 12.7. The van der Waals surface area contributed by atoms with Gasteiger partial charge in [0.25, 0.3) is 0 Å². The van der Waals surface area contributed by atoms with Crippen LogP contribution >= 0.6 is 0 Å². The number of carbonyl (C=O) groups is 3. The molecule has 7 nitrogen and oxygen atoms in total. The molecule has 3 rings (SSSR count). The number of nitrogens with one attached hydrogen (secondary N) is 1. The molecule has 0 aliphatic carbocycles. The standard InChI is InChI=1S/C29H36N2O5/c32-19-18-31(22-23-12-6-4-7-13-23)27(33)20-25-16-8-2-1-3-11-17-28(34)36-26(21-30-29(25)35)24-14-9-5-10-15-24/h2,4-10,12-15,25-26,32H,1,3,11,16-22H2,(H,30,35)/t25-,26+/m1/s1. The van der Waals surface area contributed by atoms with Crippen molar-refractivity contribution in [3.8, 4) is 0 Å². The van der Waals surface area contributed by atoms with Crippen molar-refractivity contribution in [3.05, 3.63) is 83.9 Å². The highest BCUT2D eigenvalue weighted by Gasteiger charge is 2.26. The molecule has 2 N–H and O–H groups in total. The first kappa shape index (κ1) is 27.1. The fraction of sp³-hybridized carbons (Fsp3) is 0.414. The SMILES string of the molecule is O=C1CCCCC=CC[C@H](CC(=O)N(CCO)Cc2ccccc2)C(=O)NC[C@@H](c2ccccc2)O1. The van der Waals surface area contributed by atoms with Crippen molar-refractivity contribution >= 4 is 17.8 Å². The molecule has 0 saturated carbocycles. The molecule has 2 amide bonds. The van der Waals surface area contributed by atoms with Gasteiger partial charge in [0.05, 0.1) is 19.1 Å². The van der Waals surface area contributed by atoms with Crippen molar-refractivity contribution in [1.82, 2.24) is 10.2 Å². The number of ether oxygens (including phenoxy) is 1. The highest BCUT2D eigenvalue weighted by atomic mass is 16.5. The Morgan fingerprint density at radius 3 is 2.44 bits per heavy atom. The predicted octanol–water partition coefficient (Wildman–Crippen LogP) is 3.93. The second-order valence-electron chi connectivity index (χ2n) is 9.01. The number of aliphatic hydroxyl groups is 1. The van der Waals surface area contributed by atoms with Crippen molar-refractivity contribution in [3.63, 3.8) is 0 Å². The summed E-state index contributed by atoms with van der Waals surface area (Å²) in [6.07, 6.45) is 6.53. The maximum Gasteiger partial charge on any atom is 0.306 e. The van der Waals surface area contributed by atoms with E-state index in [9.17, 15) is 19.5 Å². The van der Waals surface area contributed by atoms with Gasteiger partial charge in [-0.05, 0) is 36.8 Å². The van der Waals surface area contributed by atoms with Crippen LogP contribution in [0.3, 0.4) is 0 Å². The lowest BCUT2D eigenvalue weighted by atomic mass is 9.98. The Labute approximate surface area is 213 Å². The molecular weight excluding hydrogens is 456 g/mol. The maximum absolute atomic E-state index is 13.2. The third-order valence-corrected chi connectivity index (χ3v) is 6.23. The number of amides is 2. The smallest absolute Gasteiger partial charge is 0.306 e. The third-order valence-electron chi connectivity index (χ3n) is 6.23. The first-order valence-electron chi connectivity index (χ1n) is 12.7. The number of benzene rings is 2. The van der Waals surface area contributed by atoms with Crippen LogP contribution in [0.25, 0.3) is 0 Å². The van der Waals surface area contributed by atoms with Gasteiger partial charge in [-0.2, -0.15) is 0 Å². The van der Waals surface area contributed by atoms with E-state index in [1.165, 1.54) is 0 Å². The second kappa shape index (κ2) is 14.8. The summed E-state index contributed by atoms with van der Waals surface area (Å²) < 4.78 is 5.71. The van der Waals surface area contributed by atoms with E-state index < -0.39 is 12.0 Å². The van der Waals surface area contributed by atoms with Crippen LogP contribution in [0.5, 0.6) is 0 Å². The third kappa shape index (κ3) is 8.96. The van der Waals surface area contributed by atoms with Crippen LogP contribution in [0.4, 0.5) is 0 Å². The van der Waals surface area contributed by atoms with Crippen molar-refractivity contribution in [1.29, 1.82) is 0 Å². The zero-order chi connectivity index (χ0) is 25.6. The first-order chi connectivity index (χ1) is 17.6. The molecular formula is C29H36N2O5. The van der Waals surface area contributed by atoms with Crippen molar-refractivity contribution in [2.75, 3.05) is 19.7 Å². The van der Waals surface area contributed by atoms with E-state index in [1.807, 2.05) is 72.8 Å². The topological polar surface area (TPSA) is 95.9 Å². The minimum absolute atomic E-state index is 0.0266. The Balaban J connectivity index is 1.73. The number of allylic oxidation sites excluding steroid dienone is 2. The highest BCUT2D eigenvalue weighted by molar-refractivity contribution is 5.86. The molecule has 2 aromatic rings. The van der Waals surface area contributed by atoms with Crippen LogP contribution in [0.15, 0.2) is 72.8 Å². The monoisotopic (exact) mass is 492 g/mol. The van der Waals surface area contributed by atoms with Gasteiger partial charge >= 0.3 is 5.97 Å². The molecule has 0 fully saturated rings. The summed E-state index contributed by atoms with van der Waals surface area (Å²) in [6, 6.07) is 18.9. The quantitative estimate of drug-likeness (QED) is 0.451. The van der Waals surface area contributed by atoms with Crippen LogP contribution < -0.4 is 5.32 Å². The summed E-state index contributed by atoms with van der Waals surface area (Å²) in [4.78, 5) is 40.4. The van der Waals surface area contributed by atoms with Gasteiger partial charge < -0.3 is 20.1 Å². The molecule has 0 radical (unpaired) electrons. The number of nitrogens with zero attached hydrogens (tertiary/aromatic N) is 1. The summed E-state index contributed by atoms with van der Waals surface area (Å²) in [5.74, 6) is -1.30. The van der Waals surface area contributed by atoms with Crippen molar-refractivity contribution in [2.24, 2.45) is 5.92 Å². The molecule has 0 aromatic heterocycles. The van der Waals surface area contributed by atoms with Crippen LogP contribution in [-0.2, 0) is 25.7 Å². The number of carbonyl (C=O) groups excluding carboxylic acids is 3. The largest absolute Gasteiger partial charge is 0.456 e. The molecule has 2 aromatic carbocycles. The van der Waals surface area contributed by atoms with Gasteiger partial charge in [-0.3, -0.25) is 14.4 Å². The molecule has 0 unspecified atom stereocenters. The summed E-state index contributed by atoms with van der Waals surface area (Å²) >= 11 is 0. The fourth-order valence-electron chi connectivity index (χ4n) is 4.20. The van der Waals surface area contributed by atoms with E-state index in [0.29, 0.717) is 19.4 Å². The van der Waals surface area contributed by atoms with E-state index in [2.05, 4.69) is 5.32 Å². The van der Waals surface area contributed by atoms with Gasteiger partial charge in [0.2, 0.25) is 11.8 Å². The summed E-state index contributed by atoms with van der Waals surface area (Å²) in [6.45, 7) is 0.549. The Hall–Kier alpha value is -3.45. The lowest BCUT2D eigenvalue weighted by Gasteiger charge is -2.25. The van der Waals surface area contributed by atoms with Gasteiger partial charge in [0.15, 0.2) is 0 Å². The molecule has 7 heteroatoms. The average molecular weight is 493 g/mol. The Kier molecular flexibility index (Phi) is 11.2. The van der Waals surface area contributed by atoms with Gasteiger partial charge in [-0.25, -0.2) is 0 Å². The predicted molar refractivity (Wildman–Crippen MR) is 138 cm³/mol. The van der Waals surface area contributed by atoms with Gasteiger partial charge in [0, 0.05) is 25.9 Å². The van der Waals surface area contributed by atoms with E-state index in [0.717, 1.165) is 30.4 Å². The van der Waals surface area contributed by atoms with E-state index in [-0.39, 0.29) is 43.9 Å². The number of cyclic esters (lactones) is 1. The lowest BCUT2D eigenvalue weighted by molar-refractivity contribution is -0.150. The summed E-state index contributed by atoms with van der Waals surface area (Å²) in [5.41, 5.74) is 1.77. The molecule has 1 aliphatic heterocycles. The molecule has 0 spiro atoms. The number of hydrogen-bond donors (Lipinski definition) is 2. The Morgan fingerprint density at radius 1 is 1.00 bits per heavy atom. The number of aliphatic hydroxyl groups excluding tert-OH is 1. The van der Waals surface area contributed by atoms with E-state index in [1.54, 1.807) is 4.90 Å². The maximum atomic E-state index is 13.2. The molecule has 192 valence electrons. The minimum atomic E-state index is -0.596. The van der Waals surface area contributed by atoms with Crippen LogP contribution in [0.1, 0.15) is 55.8 Å². The van der Waals surface area contributed by atoms with E-state index >= 15 is 0 Å². The molecule has 2 atom stereocenters. The normalized spacial score (nSPS) is 19.6. The molecule has 1 heterocycles. The molecule has 0 bridgehead atoms. The molecule has 0 saturated heterocycles. The zero-order valence-electron chi connectivity index (χ0n) is 20.7. The minimum Gasteiger partial charge on any atom is -0.456 e. The zero-order valence-corrected chi connectivity index (χ0v) is 20.7. The number of rotatable bonds is 7. The molecule has 36 heavy (non-hydrogen) atoms. The summed E-state index contributed by atoms with van der Waals surface area (Å²) in [5, 5.41) is 12.4. The van der Waals surface area contributed by atoms with Crippen molar-refractivity contribution < 1.29 is 24.2 Å². The van der Waals surface area contributed by atoms with Gasteiger partial charge in [-0.15, -0.1) is 0 Å². The number of hydrogen-bond acceptors (Lipinski definition) is 5. The Bertz CT molecular complexity index is 993. The Morgan fingerprint density at radius 2 is 1.72 bits per heavy atom. The number of esters is 1. The van der Waals surface area contributed by atoms with Crippen LogP contribution in [0.2, 0.25) is 0 Å². The van der Waals surface area contributed by atoms with Crippen LogP contribution in [0, 0.1) is 5.92 Å². The highest BCUT2D eigenvalue weighted by Crippen LogP contribution is 2.20. The summed E-state index contributed by atoms with van der Waals surface area (Å²) in [7, 11) is 0. The molecule has 1 aliphatic rings. The van der Waals surface area contributed by atoms with Gasteiger partial charge in [0.1, 0.15) is 6.10 Å². The fourth-order valence-corrected chi connectivity index (χ4v) is 4.20. The second-order valence-corrected chi connectivity index (χ2v) is 9.01. The van der Waals surface area contributed by atoms with Crippen molar-refractivity contribution in [2.45, 2.75) is 51.2 Å². The average Bonchev–Trinajstić information content (AvgIpc) is 2.90. The van der Waals surface area contributed by atoms with E-state index in [4.69, 9.17) is 4.74 Å². The van der Waals surface area contributed by atoms with Gasteiger partial charge in [-0.1, -0.05) is 72.8 Å². The van der Waals surface area contributed by atoms with Crippen LogP contribution in [-0.4, -0.2) is 47.5 Å². The lowest BCUT2D eigenvalue weighted by Crippen LogP contribution is -2.39.